The Kier molecular flexibility index (Phi) is 4.79. The van der Waals surface area contributed by atoms with Crippen LogP contribution < -0.4 is 4.74 Å². The van der Waals surface area contributed by atoms with Crippen LogP contribution in [0.1, 0.15) is 30.9 Å². The third-order valence-corrected chi connectivity index (χ3v) is 5.74. The summed E-state index contributed by atoms with van der Waals surface area (Å²) in [6.07, 6.45) is 8.13. The molecule has 4 nitrogen and oxygen atoms in total. The number of ether oxygens (including phenoxy) is 3. The predicted molar refractivity (Wildman–Crippen MR) is 92.2 cm³/mol. The van der Waals surface area contributed by atoms with Crippen molar-refractivity contribution in [1.82, 2.24) is 0 Å². The van der Waals surface area contributed by atoms with Crippen LogP contribution in [0.15, 0.2) is 30.4 Å². The second kappa shape index (κ2) is 6.69. The molecule has 1 aromatic rings. The molecular formula is C20H26O4. The van der Waals surface area contributed by atoms with Crippen molar-refractivity contribution in [2.75, 3.05) is 27.6 Å². The van der Waals surface area contributed by atoms with Crippen molar-refractivity contribution in [3.05, 3.63) is 41.5 Å². The number of hydrogen-bond acceptors (Lipinski definition) is 4. The summed E-state index contributed by atoms with van der Waals surface area (Å²) in [5.74, 6) is 1.11. The van der Waals surface area contributed by atoms with Gasteiger partial charge in [-0.1, -0.05) is 18.2 Å². The molecule has 0 saturated heterocycles. The fourth-order valence-electron chi connectivity index (χ4n) is 4.62. The van der Waals surface area contributed by atoms with Crippen molar-refractivity contribution < 1.29 is 19.0 Å². The van der Waals surface area contributed by atoms with E-state index in [1.54, 1.807) is 14.2 Å². The Morgan fingerprint density at radius 3 is 2.88 bits per heavy atom. The number of carbonyl (C=O) groups is 1. The number of aryl methyl sites for hydroxylation is 1. The number of hydrogen-bond donors (Lipinski definition) is 0. The fraction of sp³-hybridized carbons (Fsp3) is 0.550. The van der Waals surface area contributed by atoms with Gasteiger partial charge in [0.25, 0.3) is 0 Å². The summed E-state index contributed by atoms with van der Waals surface area (Å²) in [5, 5.41) is 0. The Hall–Kier alpha value is -1.65. The number of allylic oxidation sites excluding steroid dienone is 2. The van der Waals surface area contributed by atoms with Crippen molar-refractivity contribution in [2.24, 2.45) is 11.3 Å². The van der Waals surface area contributed by atoms with Gasteiger partial charge in [0.1, 0.15) is 18.8 Å². The van der Waals surface area contributed by atoms with Gasteiger partial charge in [-0.25, -0.2) is 0 Å². The molecule has 0 amide bonds. The molecule has 0 N–H and O–H groups in total. The van der Waals surface area contributed by atoms with E-state index in [1.807, 2.05) is 13.0 Å². The normalized spacial score (nSPS) is 31.2. The number of rotatable bonds is 6. The van der Waals surface area contributed by atoms with Crippen molar-refractivity contribution in [3.63, 3.8) is 0 Å². The molecule has 3 rings (SSSR count). The van der Waals surface area contributed by atoms with Crippen LogP contribution in [0.25, 0.3) is 0 Å². The molecule has 2 aliphatic carbocycles. The number of benzene rings is 1. The van der Waals surface area contributed by atoms with E-state index < -0.39 is 5.41 Å². The Bertz CT molecular complexity index is 639. The molecule has 2 aliphatic rings. The maximum atomic E-state index is 11.9. The zero-order chi connectivity index (χ0) is 17.2. The lowest BCUT2D eigenvalue weighted by Crippen LogP contribution is -2.52. The first-order valence-electron chi connectivity index (χ1n) is 8.48. The van der Waals surface area contributed by atoms with Gasteiger partial charge in [-0.3, -0.25) is 0 Å². The first-order chi connectivity index (χ1) is 11.6. The molecular weight excluding hydrogens is 304 g/mol. The van der Waals surface area contributed by atoms with Gasteiger partial charge in [-0.2, -0.15) is 0 Å². The van der Waals surface area contributed by atoms with Crippen LogP contribution in [-0.4, -0.2) is 33.9 Å². The van der Waals surface area contributed by atoms with E-state index in [0.717, 1.165) is 31.3 Å². The van der Waals surface area contributed by atoms with Gasteiger partial charge in [0.2, 0.25) is 0 Å². The van der Waals surface area contributed by atoms with Gasteiger partial charge >= 0.3 is 0 Å². The predicted octanol–water partition coefficient (Wildman–Crippen LogP) is 3.28. The molecule has 1 aromatic carbocycles. The SMILES string of the molecule is COCOC[C@@]12CC=C[C@@](C)(C=O)[C@H]1CCc1cc(OC)ccc12. The maximum Gasteiger partial charge on any atom is 0.146 e. The van der Waals surface area contributed by atoms with Crippen molar-refractivity contribution >= 4 is 6.29 Å². The topological polar surface area (TPSA) is 44.8 Å². The summed E-state index contributed by atoms with van der Waals surface area (Å²) in [6.45, 7) is 2.86. The van der Waals surface area contributed by atoms with Crippen molar-refractivity contribution in [1.29, 1.82) is 0 Å². The third kappa shape index (κ3) is 2.68. The van der Waals surface area contributed by atoms with Crippen LogP contribution >= 0.6 is 0 Å². The highest BCUT2D eigenvalue weighted by atomic mass is 16.7. The van der Waals surface area contributed by atoms with Gasteiger partial charge < -0.3 is 19.0 Å². The van der Waals surface area contributed by atoms with Crippen LogP contribution in [0, 0.1) is 11.3 Å². The minimum atomic E-state index is -0.452. The summed E-state index contributed by atoms with van der Waals surface area (Å²) in [7, 11) is 3.32. The zero-order valence-electron chi connectivity index (χ0n) is 14.7. The lowest BCUT2D eigenvalue weighted by atomic mass is 9.52. The molecule has 0 bridgehead atoms. The van der Waals surface area contributed by atoms with Gasteiger partial charge in [-0.15, -0.1) is 0 Å². The van der Waals surface area contributed by atoms with E-state index >= 15 is 0 Å². The highest BCUT2D eigenvalue weighted by Crippen LogP contribution is 2.54. The average molecular weight is 330 g/mol. The summed E-state index contributed by atoms with van der Waals surface area (Å²) in [4.78, 5) is 11.9. The monoisotopic (exact) mass is 330 g/mol. The van der Waals surface area contributed by atoms with Gasteiger partial charge in [0.15, 0.2) is 0 Å². The second-order valence-corrected chi connectivity index (χ2v) is 7.12. The van der Waals surface area contributed by atoms with Crippen LogP contribution in [0.2, 0.25) is 0 Å². The molecule has 4 heteroatoms. The molecule has 0 saturated carbocycles. The van der Waals surface area contributed by atoms with Gasteiger partial charge in [0, 0.05) is 17.9 Å². The summed E-state index contributed by atoms with van der Waals surface area (Å²) < 4.78 is 16.3. The second-order valence-electron chi connectivity index (χ2n) is 7.12. The molecule has 0 fully saturated rings. The van der Waals surface area contributed by atoms with Gasteiger partial charge in [0.05, 0.1) is 13.7 Å². The Morgan fingerprint density at radius 2 is 2.17 bits per heavy atom. The maximum absolute atomic E-state index is 11.9. The van der Waals surface area contributed by atoms with Crippen LogP contribution in [0.4, 0.5) is 0 Å². The first kappa shape index (κ1) is 17.2. The lowest BCUT2D eigenvalue weighted by Gasteiger charge is -2.52. The first-order valence-corrected chi connectivity index (χ1v) is 8.48. The Balaban J connectivity index is 2.08. The zero-order valence-corrected chi connectivity index (χ0v) is 14.7. The van der Waals surface area contributed by atoms with E-state index in [0.29, 0.717) is 6.61 Å². The largest absolute Gasteiger partial charge is 0.497 e. The molecule has 0 radical (unpaired) electrons. The average Bonchev–Trinajstić information content (AvgIpc) is 2.61. The summed E-state index contributed by atoms with van der Waals surface area (Å²) in [6, 6.07) is 6.29. The number of carbonyl (C=O) groups excluding carboxylic acids is 1. The van der Waals surface area contributed by atoms with E-state index in [4.69, 9.17) is 14.2 Å². The molecule has 0 aromatic heterocycles. The molecule has 0 unspecified atom stereocenters. The highest BCUT2D eigenvalue weighted by Gasteiger charge is 2.52. The highest BCUT2D eigenvalue weighted by molar-refractivity contribution is 5.65. The number of methoxy groups -OCH3 is 2. The molecule has 0 spiro atoms. The van der Waals surface area contributed by atoms with E-state index in [9.17, 15) is 4.79 Å². The molecule has 130 valence electrons. The van der Waals surface area contributed by atoms with Crippen LogP contribution in [0.5, 0.6) is 5.75 Å². The minimum Gasteiger partial charge on any atom is -0.497 e. The van der Waals surface area contributed by atoms with E-state index in [-0.39, 0.29) is 18.1 Å². The summed E-state index contributed by atoms with van der Waals surface area (Å²) in [5.41, 5.74) is 1.94. The fourth-order valence-corrected chi connectivity index (χ4v) is 4.62. The lowest BCUT2D eigenvalue weighted by molar-refractivity contribution is -0.120. The molecule has 0 aliphatic heterocycles. The van der Waals surface area contributed by atoms with Crippen LogP contribution in [0.3, 0.4) is 0 Å². The standard InChI is InChI=1S/C20H26O4/c1-19(12-21)9-4-10-20(13-24-14-22-2)17-7-6-16(23-3)11-15(17)5-8-18(19)20/h4,6-7,9,11-12,18H,5,8,10,13-14H2,1-3H3/t18-,19+,20-/m1/s1. The minimum absolute atomic E-state index is 0.192. The number of fused-ring (bicyclic) bond motifs is 3. The van der Waals surface area contributed by atoms with E-state index in [1.165, 1.54) is 11.1 Å². The van der Waals surface area contributed by atoms with Crippen LogP contribution in [-0.2, 0) is 26.1 Å². The third-order valence-electron chi connectivity index (χ3n) is 5.74. The van der Waals surface area contributed by atoms with Crippen molar-refractivity contribution in [3.8, 4) is 5.75 Å². The van der Waals surface area contributed by atoms with Crippen molar-refractivity contribution in [2.45, 2.75) is 31.6 Å². The molecule has 0 heterocycles. The Labute approximate surface area is 143 Å². The summed E-state index contributed by atoms with van der Waals surface area (Å²) >= 11 is 0. The Morgan fingerprint density at radius 1 is 1.33 bits per heavy atom. The molecule has 3 atom stereocenters. The smallest absolute Gasteiger partial charge is 0.146 e. The van der Waals surface area contributed by atoms with Gasteiger partial charge in [-0.05, 0) is 55.4 Å². The molecule has 24 heavy (non-hydrogen) atoms. The quantitative estimate of drug-likeness (QED) is 0.347. The number of aldehydes is 1. The van der Waals surface area contributed by atoms with E-state index in [2.05, 4.69) is 24.3 Å².